The lowest BCUT2D eigenvalue weighted by Crippen LogP contribution is -2.28. The van der Waals surface area contributed by atoms with Crippen LogP contribution in [0.4, 0.5) is 4.39 Å². The molecule has 26 heavy (non-hydrogen) atoms. The maximum Gasteiger partial charge on any atom is 0.138 e. The molecule has 1 aromatic carbocycles. The first-order valence-electron chi connectivity index (χ1n) is 8.72. The van der Waals surface area contributed by atoms with Gasteiger partial charge in [0.2, 0.25) is 0 Å². The van der Waals surface area contributed by atoms with Crippen LogP contribution in [0.15, 0.2) is 42.7 Å². The van der Waals surface area contributed by atoms with Crippen LogP contribution in [0.5, 0.6) is 0 Å². The Kier molecular flexibility index (Phi) is 3.39. The van der Waals surface area contributed by atoms with Gasteiger partial charge in [-0.2, -0.15) is 5.10 Å². The summed E-state index contributed by atoms with van der Waals surface area (Å²) in [5, 5.41) is 9.42. The summed E-state index contributed by atoms with van der Waals surface area (Å²) in [6.45, 7) is 4.56. The fourth-order valence-electron chi connectivity index (χ4n) is 3.77. The quantitative estimate of drug-likeness (QED) is 0.582. The Morgan fingerprint density at radius 3 is 2.85 bits per heavy atom. The minimum atomic E-state index is -0.242. The van der Waals surface area contributed by atoms with E-state index < -0.39 is 0 Å². The van der Waals surface area contributed by atoms with Crippen molar-refractivity contribution in [1.82, 2.24) is 25.1 Å². The lowest BCUT2D eigenvalue weighted by molar-refractivity contribution is 0.477. The molecule has 1 aliphatic heterocycles. The molecule has 0 spiro atoms. The molecule has 0 atom stereocenters. The fourth-order valence-corrected chi connectivity index (χ4v) is 3.77. The van der Waals surface area contributed by atoms with Gasteiger partial charge < -0.3 is 10.3 Å². The van der Waals surface area contributed by atoms with Gasteiger partial charge in [0.05, 0.1) is 12.2 Å². The second-order valence-corrected chi connectivity index (χ2v) is 6.63. The van der Waals surface area contributed by atoms with E-state index in [-0.39, 0.29) is 5.82 Å². The molecule has 0 aliphatic carbocycles. The summed E-state index contributed by atoms with van der Waals surface area (Å²) in [7, 11) is 0. The number of nitrogens with one attached hydrogen (secondary N) is 2. The minimum Gasteiger partial charge on any atom is -0.346 e. The van der Waals surface area contributed by atoms with Gasteiger partial charge in [0.15, 0.2) is 0 Å². The molecule has 5 nitrogen and oxygen atoms in total. The number of aromatic nitrogens is 4. The molecule has 1 aliphatic rings. The van der Waals surface area contributed by atoms with Crippen molar-refractivity contribution in [2.24, 2.45) is 0 Å². The third kappa shape index (κ3) is 2.26. The van der Waals surface area contributed by atoms with E-state index in [2.05, 4.69) is 26.9 Å². The van der Waals surface area contributed by atoms with Crippen LogP contribution in [-0.4, -0.2) is 26.3 Å². The summed E-state index contributed by atoms with van der Waals surface area (Å²) >= 11 is 0. The number of aromatic amines is 1. The average molecular weight is 347 g/mol. The molecule has 0 saturated heterocycles. The summed E-state index contributed by atoms with van der Waals surface area (Å²) in [6, 6.07) is 8.60. The zero-order valence-corrected chi connectivity index (χ0v) is 14.4. The Hall–Kier alpha value is -2.99. The highest BCUT2D eigenvalue weighted by molar-refractivity contribution is 5.99. The van der Waals surface area contributed by atoms with E-state index in [1.807, 2.05) is 18.5 Å². The predicted octanol–water partition coefficient (Wildman–Crippen LogP) is 3.64. The van der Waals surface area contributed by atoms with Crippen molar-refractivity contribution in [3.63, 3.8) is 0 Å². The average Bonchev–Trinajstić information content (AvgIpc) is 3.23. The molecule has 0 bridgehead atoms. The molecule has 0 unspecified atom stereocenters. The van der Waals surface area contributed by atoms with Crippen molar-refractivity contribution in [2.75, 3.05) is 6.54 Å². The zero-order chi connectivity index (χ0) is 17.7. The van der Waals surface area contributed by atoms with Gasteiger partial charge in [-0.05, 0) is 48.4 Å². The molecule has 5 rings (SSSR count). The van der Waals surface area contributed by atoms with Gasteiger partial charge in [-0.1, -0.05) is 0 Å². The van der Waals surface area contributed by atoms with Gasteiger partial charge in [-0.15, -0.1) is 0 Å². The predicted molar refractivity (Wildman–Crippen MR) is 99.2 cm³/mol. The van der Waals surface area contributed by atoms with Crippen LogP contribution < -0.4 is 5.32 Å². The first-order valence-corrected chi connectivity index (χ1v) is 8.72. The van der Waals surface area contributed by atoms with Crippen molar-refractivity contribution >= 4 is 11.0 Å². The molecular weight excluding hydrogens is 329 g/mol. The van der Waals surface area contributed by atoms with Crippen LogP contribution >= 0.6 is 0 Å². The number of nitrogens with zero attached hydrogens (tertiary/aromatic N) is 3. The van der Waals surface area contributed by atoms with E-state index in [9.17, 15) is 4.39 Å². The monoisotopic (exact) mass is 347 g/mol. The second kappa shape index (κ2) is 5.78. The third-order valence-electron chi connectivity index (χ3n) is 5.01. The Labute approximate surface area is 149 Å². The summed E-state index contributed by atoms with van der Waals surface area (Å²) in [4.78, 5) is 7.68. The number of benzene rings is 1. The Balaban J connectivity index is 1.83. The Morgan fingerprint density at radius 1 is 1.15 bits per heavy atom. The van der Waals surface area contributed by atoms with Crippen LogP contribution in [0.25, 0.3) is 33.4 Å². The first kappa shape index (κ1) is 15.3. The van der Waals surface area contributed by atoms with Crippen molar-refractivity contribution in [3.8, 4) is 22.4 Å². The van der Waals surface area contributed by atoms with E-state index in [0.29, 0.717) is 0 Å². The molecule has 2 N–H and O–H groups in total. The number of fused-ring (bicyclic) bond motifs is 2. The Bertz CT molecular complexity index is 1110. The molecule has 0 saturated carbocycles. The van der Waals surface area contributed by atoms with Gasteiger partial charge >= 0.3 is 0 Å². The highest BCUT2D eigenvalue weighted by Crippen LogP contribution is 2.39. The highest BCUT2D eigenvalue weighted by Gasteiger charge is 2.24. The largest absolute Gasteiger partial charge is 0.346 e. The molecule has 4 aromatic rings. The molecule has 4 heterocycles. The molecule has 0 fully saturated rings. The van der Waals surface area contributed by atoms with Gasteiger partial charge in [-0.25, -0.2) is 9.37 Å². The minimum absolute atomic E-state index is 0.242. The van der Waals surface area contributed by atoms with Crippen LogP contribution in [0.2, 0.25) is 0 Å². The third-order valence-corrected chi connectivity index (χ3v) is 5.01. The number of hydrogen-bond donors (Lipinski definition) is 2. The van der Waals surface area contributed by atoms with E-state index in [4.69, 9.17) is 5.10 Å². The van der Waals surface area contributed by atoms with Gasteiger partial charge in [0.1, 0.15) is 17.2 Å². The molecule has 6 heteroatoms. The second-order valence-electron chi connectivity index (χ2n) is 6.63. The molecular formula is C20H18FN5. The summed E-state index contributed by atoms with van der Waals surface area (Å²) in [6.07, 6.45) is 3.80. The molecule has 130 valence electrons. The summed E-state index contributed by atoms with van der Waals surface area (Å²) < 4.78 is 15.5. The van der Waals surface area contributed by atoms with E-state index in [1.54, 1.807) is 12.1 Å². The van der Waals surface area contributed by atoms with E-state index >= 15 is 0 Å². The number of rotatable bonds is 2. The normalized spacial score (nSPS) is 13.9. The molecule has 0 amide bonds. The zero-order valence-electron chi connectivity index (χ0n) is 14.4. The van der Waals surface area contributed by atoms with Crippen molar-refractivity contribution in [2.45, 2.75) is 20.0 Å². The highest BCUT2D eigenvalue weighted by atomic mass is 19.1. The standard InChI is InChI=1S/C20H18FN5/c1-12-10-24-20-17(12)15(6-7-23-20)18-16-11-22-8-9-26(16)25-19(18)13-2-4-14(21)5-3-13/h2-7,10,22H,8-9,11H2,1H3,(H,23,24). The number of hydrogen-bond acceptors (Lipinski definition) is 3. The van der Waals surface area contributed by atoms with Gasteiger partial charge in [0.25, 0.3) is 0 Å². The van der Waals surface area contributed by atoms with Crippen molar-refractivity contribution in [3.05, 3.63) is 59.8 Å². The number of H-pyrrole nitrogens is 1. The van der Waals surface area contributed by atoms with E-state index in [0.717, 1.165) is 64.3 Å². The number of halogens is 1. The van der Waals surface area contributed by atoms with Gasteiger partial charge in [-0.3, -0.25) is 4.68 Å². The van der Waals surface area contributed by atoms with Gasteiger partial charge in [0, 0.05) is 42.0 Å². The molecule has 0 radical (unpaired) electrons. The van der Waals surface area contributed by atoms with Crippen LogP contribution in [0, 0.1) is 12.7 Å². The number of pyridine rings is 1. The first-order chi connectivity index (χ1) is 12.7. The maximum atomic E-state index is 13.4. The molecule has 3 aromatic heterocycles. The smallest absolute Gasteiger partial charge is 0.138 e. The summed E-state index contributed by atoms with van der Waals surface area (Å²) in [5.41, 5.74) is 7.18. The topological polar surface area (TPSA) is 58.5 Å². The van der Waals surface area contributed by atoms with Crippen molar-refractivity contribution in [1.29, 1.82) is 0 Å². The maximum absolute atomic E-state index is 13.4. The van der Waals surface area contributed by atoms with E-state index in [1.165, 1.54) is 12.1 Å². The fraction of sp³-hybridized carbons (Fsp3) is 0.200. The number of aryl methyl sites for hydroxylation is 1. The van der Waals surface area contributed by atoms with Crippen LogP contribution in [-0.2, 0) is 13.1 Å². The lowest BCUT2D eigenvalue weighted by atomic mass is 9.96. The van der Waals surface area contributed by atoms with Crippen LogP contribution in [0.3, 0.4) is 0 Å². The SMILES string of the molecule is Cc1c[nH]c2nccc(-c3c(-c4ccc(F)cc4)nn4c3CNCC4)c12. The lowest BCUT2D eigenvalue weighted by Gasteiger charge is -2.16. The van der Waals surface area contributed by atoms with Crippen LogP contribution in [0.1, 0.15) is 11.3 Å². The Morgan fingerprint density at radius 2 is 2.00 bits per heavy atom. The van der Waals surface area contributed by atoms with Crippen molar-refractivity contribution < 1.29 is 4.39 Å². The summed E-state index contributed by atoms with van der Waals surface area (Å²) in [5.74, 6) is -0.242.